The van der Waals surface area contributed by atoms with Crippen LogP contribution in [0.5, 0.6) is 17.2 Å². The first kappa shape index (κ1) is 14.9. The fourth-order valence-corrected chi connectivity index (χ4v) is 2.20. The van der Waals surface area contributed by atoms with Crippen LogP contribution in [0.1, 0.15) is 22.3 Å². The van der Waals surface area contributed by atoms with Crippen LogP contribution < -0.4 is 9.47 Å². The highest BCUT2D eigenvalue weighted by atomic mass is 16.5. The number of ether oxygens (including phenoxy) is 2. The van der Waals surface area contributed by atoms with Crippen molar-refractivity contribution in [2.45, 2.75) is 12.8 Å². The lowest BCUT2D eigenvalue weighted by atomic mass is 10.0. The molecule has 0 saturated heterocycles. The predicted octanol–water partition coefficient (Wildman–Crippen LogP) is 3.22. The van der Waals surface area contributed by atoms with Crippen molar-refractivity contribution in [1.82, 2.24) is 0 Å². The van der Waals surface area contributed by atoms with E-state index >= 15 is 0 Å². The molecule has 110 valence electrons. The lowest BCUT2D eigenvalue weighted by Crippen LogP contribution is -2.06. The number of rotatable bonds is 6. The molecule has 0 fully saturated rings. The van der Waals surface area contributed by atoms with Gasteiger partial charge in [0.2, 0.25) is 0 Å². The van der Waals surface area contributed by atoms with Crippen molar-refractivity contribution in [2.24, 2.45) is 0 Å². The molecule has 2 aromatic carbocycles. The molecule has 0 aliphatic rings. The van der Waals surface area contributed by atoms with Crippen molar-refractivity contribution in [3.8, 4) is 17.2 Å². The third-order valence-electron chi connectivity index (χ3n) is 3.25. The average molecular weight is 286 g/mol. The van der Waals surface area contributed by atoms with E-state index < -0.39 is 0 Å². The van der Waals surface area contributed by atoms with E-state index in [1.165, 1.54) is 26.4 Å². The second-order valence-electron chi connectivity index (χ2n) is 4.63. The Morgan fingerprint density at radius 3 is 2.14 bits per heavy atom. The van der Waals surface area contributed by atoms with Crippen molar-refractivity contribution in [3.05, 3.63) is 53.6 Å². The summed E-state index contributed by atoms with van der Waals surface area (Å²) in [5.74, 6) is 0.575. The third kappa shape index (κ3) is 3.54. The number of ketones is 1. The Hall–Kier alpha value is -2.49. The van der Waals surface area contributed by atoms with E-state index in [4.69, 9.17) is 9.47 Å². The van der Waals surface area contributed by atoms with Gasteiger partial charge in [-0.2, -0.15) is 0 Å². The first-order valence-electron chi connectivity index (χ1n) is 6.67. The molecule has 0 radical (unpaired) electrons. The number of Topliss-reactive ketones (excluding diaryl/α,β-unsaturated/α-hetero) is 1. The van der Waals surface area contributed by atoms with Gasteiger partial charge in [-0.15, -0.1) is 0 Å². The highest BCUT2D eigenvalue weighted by Gasteiger charge is 2.19. The van der Waals surface area contributed by atoms with Crippen LogP contribution in [0.15, 0.2) is 42.5 Å². The zero-order valence-electron chi connectivity index (χ0n) is 12.1. The molecule has 2 rings (SSSR count). The maximum absolute atomic E-state index is 12.4. The van der Waals surface area contributed by atoms with Gasteiger partial charge in [-0.05, 0) is 12.0 Å². The number of aryl methyl sites for hydroxylation is 1. The lowest BCUT2D eigenvalue weighted by Gasteiger charge is -2.13. The first-order valence-corrected chi connectivity index (χ1v) is 6.67. The zero-order chi connectivity index (χ0) is 15.2. The standard InChI is InChI=1S/C17H18O4/c1-20-15-10-13(18)11-16(21-2)17(15)14(19)9-8-12-6-4-3-5-7-12/h3-7,10-11,18H,8-9H2,1-2H3. The molecule has 4 nitrogen and oxygen atoms in total. The van der Waals surface area contributed by atoms with Crippen molar-refractivity contribution in [3.63, 3.8) is 0 Å². The van der Waals surface area contributed by atoms with Crippen LogP contribution in [-0.4, -0.2) is 25.1 Å². The second kappa shape index (κ2) is 6.79. The van der Waals surface area contributed by atoms with Gasteiger partial charge < -0.3 is 14.6 Å². The molecule has 0 aliphatic carbocycles. The van der Waals surface area contributed by atoms with Crippen LogP contribution in [0.3, 0.4) is 0 Å². The molecule has 0 heterocycles. The molecular formula is C17H18O4. The molecule has 0 bridgehead atoms. The van der Waals surface area contributed by atoms with E-state index in [1.807, 2.05) is 30.3 Å². The number of methoxy groups -OCH3 is 2. The minimum absolute atomic E-state index is 0.00306. The molecule has 21 heavy (non-hydrogen) atoms. The van der Waals surface area contributed by atoms with Gasteiger partial charge in [-0.25, -0.2) is 0 Å². The van der Waals surface area contributed by atoms with Crippen molar-refractivity contribution < 1.29 is 19.4 Å². The Morgan fingerprint density at radius 1 is 1.05 bits per heavy atom. The van der Waals surface area contributed by atoms with E-state index in [2.05, 4.69) is 0 Å². The summed E-state index contributed by atoms with van der Waals surface area (Å²) in [6.45, 7) is 0. The van der Waals surface area contributed by atoms with Crippen LogP contribution >= 0.6 is 0 Å². The normalized spacial score (nSPS) is 10.2. The van der Waals surface area contributed by atoms with Gasteiger partial charge in [0.1, 0.15) is 22.8 Å². The largest absolute Gasteiger partial charge is 0.508 e. The highest BCUT2D eigenvalue weighted by Crippen LogP contribution is 2.34. The summed E-state index contributed by atoms with van der Waals surface area (Å²) in [5.41, 5.74) is 1.47. The summed E-state index contributed by atoms with van der Waals surface area (Å²) in [7, 11) is 2.92. The maximum Gasteiger partial charge on any atom is 0.170 e. The Kier molecular flexibility index (Phi) is 4.82. The van der Waals surface area contributed by atoms with Crippen molar-refractivity contribution in [2.75, 3.05) is 14.2 Å². The van der Waals surface area contributed by atoms with E-state index in [9.17, 15) is 9.90 Å². The molecular weight excluding hydrogens is 268 g/mol. The highest BCUT2D eigenvalue weighted by molar-refractivity contribution is 6.01. The summed E-state index contributed by atoms with van der Waals surface area (Å²) in [6.07, 6.45) is 0.994. The summed E-state index contributed by atoms with van der Waals surface area (Å²) in [4.78, 5) is 12.4. The topological polar surface area (TPSA) is 55.8 Å². The maximum atomic E-state index is 12.4. The van der Waals surface area contributed by atoms with Crippen LogP contribution in [0.4, 0.5) is 0 Å². The number of carbonyl (C=O) groups excluding carboxylic acids is 1. The van der Waals surface area contributed by atoms with E-state index in [0.717, 1.165) is 5.56 Å². The van der Waals surface area contributed by atoms with Crippen LogP contribution in [0.25, 0.3) is 0 Å². The summed E-state index contributed by atoms with van der Waals surface area (Å²) in [5, 5.41) is 9.60. The smallest absolute Gasteiger partial charge is 0.170 e. The molecule has 0 aromatic heterocycles. The Bertz CT molecular complexity index is 595. The monoisotopic (exact) mass is 286 g/mol. The lowest BCUT2D eigenvalue weighted by molar-refractivity contribution is 0.0976. The molecule has 0 amide bonds. The van der Waals surface area contributed by atoms with Gasteiger partial charge in [0, 0.05) is 18.6 Å². The molecule has 0 spiro atoms. The van der Waals surface area contributed by atoms with Crippen LogP contribution in [0, 0.1) is 0 Å². The Labute approximate surface area is 123 Å². The van der Waals surface area contributed by atoms with Crippen molar-refractivity contribution in [1.29, 1.82) is 0 Å². The SMILES string of the molecule is COc1cc(O)cc(OC)c1C(=O)CCc1ccccc1. The third-order valence-corrected chi connectivity index (χ3v) is 3.25. The number of carbonyl (C=O) groups is 1. The van der Waals surface area contributed by atoms with E-state index in [0.29, 0.717) is 29.9 Å². The molecule has 2 aromatic rings. The first-order chi connectivity index (χ1) is 10.2. The summed E-state index contributed by atoms with van der Waals surface area (Å²) >= 11 is 0. The summed E-state index contributed by atoms with van der Waals surface area (Å²) in [6, 6.07) is 12.6. The van der Waals surface area contributed by atoms with Gasteiger partial charge >= 0.3 is 0 Å². The second-order valence-corrected chi connectivity index (χ2v) is 4.63. The Morgan fingerprint density at radius 2 is 1.62 bits per heavy atom. The fraction of sp³-hybridized carbons (Fsp3) is 0.235. The van der Waals surface area contributed by atoms with Gasteiger partial charge in [-0.3, -0.25) is 4.79 Å². The number of hydrogen-bond acceptors (Lipinski definition) is 4. The van der Waals surface area contributed by atoms with Gasteiger partial charge in [0.15, 0.2) is 5.78 Å². The molecule has 0 saturated carbocycles. The molecule has 0 aliphatic heterocycles. The van der Waals surface area contributed by atoms with Gasteiger partial charge in [0.25, 0.3) is 0 Å². The summed E-state index contributed by atoms with van der Waals surface area (Å²) < 4.78 is 10.4. The van der Waals surface area contributed by atoms with Gasteiger partial charge in [0.05, 0.1) is 14.2 Å². The number of hydrogen-bond donors (Lipinski definition) is 1. The molecule has 0 atom stereocenters. The minimum Gasteiger partial charge on any atom is -0.508 e. The molecule has 4 heteroatoms. The number of benzene rings is 2. The van der Waals surface area contributed by atoms with Gasteiger partial charge in [-0.1, -0.05) is 30.3 Å². The van der Waals surface area contributed by atoms with E-state index in [1.54, 1.807) is 0 Å². The van der Waals surface area contributed by atoms with Crippen LogP contribution in [0.2, 0.25) is 0 Å². The molecule has 1 N–H and O–H groups in total. The van der Waals surface area contributed by atoms with E-state index in [-0.39, 0.29) is 11.5 Å². The molecule has 0 unspecified atom stereocenters. The zero-order valence-corrected chi connectivity index (χ0v) is 12.1. The van der Waals surface area contributed by atoms with Crippen molar-refractivity contribution >= 4 is 5.78 Å². The quantitative estimate of drug-likeness (QED) is 0.828. The van der Waals surface area contributed by atoms with Crippen LogP contribution in [-0.2, 0) is 6.42 Å². The Balaban J connectivity index is 2.22. The predicted molar refractivity (Wildman–Crippen MR) is 80.3 cm³/mol. The fourth-order valence-electron chi connectivity index (χ4n) is 2.20. The number of phenols is 1. The number of phenolic OH excluding ortho intramolecular Hbond substituents is 1. The average Bonchev–Trinajstić information content (AvgIpc) is 2.52. The number of aromatic hydroxyl groups is 1. The minimum atomic E-state index is -0.0763.